The highest BCUT2D eigenvalue weighted by Crippen LogP contribution is 2.35. The van der Waals surface area contributed by atoms with Crippen molar-refractivity contribution in [1.82, 2.24) is 24.7 Å². The molecule has 1 atom stereocenters. The summed E-state index contributed by atoms with van der Waals surface area (Å²) in [6, 6.07) is 7.85. The van der Waals surface area contributed by atoms with Gasteiger partial charge in [-0.15, -0.1) is 0 Å². The first kappa shape index (κ1) is 21.1. The molecule has 3 fully saturated rings. The van der Waals surface area contributed by atoms with Crippen molar-refractivity contribution in [3.05, 3.63) is 40.4 Å². The van der Waals surface area contributed by atoms with Gasteiger partial charge >= 0.3 is 0 Å². The Morgan fingerprint density at radius 1 is 1.09 bits per heavy atom. The number of benzene rings is 1. The molecule has 8 heteroatoms. The summed E-state index contributed by atoms with van der Waals surface area (Å²) in [5.74, 6) is 0.894. The van der Waals surface area contributed by atoms with E-state index in [4.69, 9.17) is 4.98 Å². The van der Waals surface area contributed by atoms with Gasteiger partial charge in [-0.3, -0.25) is 23.9 Å². The lowest BCUT2D eigenvalue weighted by atomic mass is 10.2. The highest BCUT2D eigenvalue weighted by atomic mass is 16.2. The predicted molar refractivity (Wildman–Crippen MR) is 121 cm³/mol. The summed E-state index contributed by atoms with van der Waals surface area (Å²) < 4.78 is 1.81. The second-order valence-electron chi connectivity index (χ2n) is 9.33. The fraction of sp³-hybridized carbons (Fsp3) is 0.583. The fourth-order valence-electron chi connectivity index (χ4n) is 4.53. The first-order valence-corrected chi connectivity index (χ1v) is 11.8. The Kier molecular flexibility index (Phi) is 5.71. The molecular formula is C24H31N5O3. The van der Waals surface area contributed by atoms with Crippen LogP contribution in [0.15, 0.2) is 29.1 Å². The van der Waals surface area contributed by atoms with E-state index in [1.54, 1.807) is 0 Å². The normalized spacial score (nSPS) is 20.3. The number of carbonyl (C=O) groups excluding carboxylic acids is 2. The lowest BCUT2D eigenvalue weighted by Gasteiger charge is -2.37. The van der Waals surface area contributed by atoms with Crippen molar-refractivity contribution >= 4 is 22.7 Å². The molecule has 1 saturated heterocycles. The van der Waals surface area contributed by atoms with Gasteiger partial charge in [-0.1, -0.05) is 12.1 Å². The zero-order valence-electron chi connectivity index (χ0n) is 18.6. The van der Waals surface area contributed by atoms with Crippen LogP contribution in [-0.2, 0) is 16.0 Å². The molecule has 5 rings (SSSR count). The minimum absolute atomic E-state index is 0.00706. The molecule has 1 N–H and O–H groups in total. The molecule has 32 heavy (non-hydrogen) atoms. The first-order valence-electron chi connectivity index (χ1n) is 11.8. The molecule has 2 aliphatic carbocycles. The molecule has 0 spiro atoms. The monoisotopic (exact) mass is 437 g/mol. The van der Waals surface area contributed by atoms with E-state index in [9.17, 15) is 14.4 Å². The summed E-state index contributed by atoms with van der Waals surface area (Å²) in [7, 11) is 0. The number of aryl methyl sites for hydroxylation is 1. The minimum Gasteiger partial charge on any atom is -0.352 e. The number of amides is 2. The molecule has 1 aromatic carbocycles. The molecule has 2 saturated carbocycles. The molecule has 1 aliphatic heterocycles. The number of rotatable bonds is 7. The summed E-state index contributed by atoms with van der Waals surface area (Å²) in [4.78, 5) is 47.0. The van der Waals surface area contributed by atoms with Crippen LogP contribution in [-0.4, -0.2) is 69.4 Å². The van der Waals surface area contributed by atoms with Crippen molar-refractivity contribution in [3.63, 3.8) is 0 Å². The van der Waals surface area contributed by atoms with Gasteiger partial charge in [0.25, 0.3) is 5.56 Å². The smallest absolute Gasteiger partial charge is 0.261 e. The van der Waals surface area contributed by atoms with Crippen LogP contribution in [0.1, 0.15) is 50.9 Å². The van der Waals surface area contributed by atoms with E-state index in [1.165, 1.54) is 0 Å². The Balaban J connectivity index is 1.19. The molecule has 2 heterocycles. The number of nitrogens with zero attached hydrogens (tertiary/aromatic N) is 4. The van der Waals surface area contributed by atoms with Crippen molar-refractivity contribution in [2.24, 2.45) is 0 Å². The van der Waals surface area contributed by atoms with E-state index in [2.05, 4.69) is 10.2 Å². The Bertz CT molecular complexity index is 1080. The van der Waals surface area contributed by atoms with Crippen molar-refractivity contribution in [2.45, 2.75) is 63.6 Å². The number of nitrogens with one attached hydrogen (secondary N) is 1. The second-order valence-corrected chi connectivity index (χ2v) is 9.33. The maximum Gasteiger partial charge on any atom is 0.261 e. The molecule has 170 valence electrons. The van der Waals surface area contributed by atoms with E-state index < -0.39 is 0 Å². The summed E-state index contributed by atoms with van der Waals surface area (Å²) >= 11 is 0. The average Bonchev–Trinajstić information content (AvgIpc) is 3.73. The van der Waals surface area contributed by atoms with Crippen molar-refractivity contribution in [2.75, 3.05) is 26.2 Å². The number of hydrogen-bond donors (Lipinski definition) is 1. The summed E-state index contributed by atoms with van der Waals surface area (Å²) in [6.45, 7) is 4.59. The predicted octanol–water partition coefficient (Wildman–Crippen LogP) is 1.48. The molecule has 1 unspecified atom stereocenters. The van der Waals surface area contributed by atoms with Crippen LogP contribution in [0, 0.1) is 0 Å². The Morgan fingerprint density at radius 3 is 2.50 bits per heavy atom. The van der Waals surface area contributed by atoms with Crippen molar-refractivity contribution < 1.29 is 9.59 Å². The largest absolute Gasteiger partial charge is 0.352 e. The second kappa shape index (κ2) is 8.65. The zero-order chi connectivity index (χ0) is 22.2. The van der Waals surface area contributed by atoms with E-state index in [-0.39, 0.29) is 29.5 Å². The molecule has 0 bridgehead atoms. The number of hydrogen-bond acceptors (Lipinski definition) is 5. The van der Waals surface area contributed by atoms with Crippen LogP contribution in [0.4, 0.5) is 0 Å². The topological polar surface area (TPSA) is 87.5 Å². The van der Waals surface area contributed by atoms with Crippen LogP contribution in [0.25, 0.3) is 10.9 Å². The van der Waals surface area contributed by atoms with Gasteiger partial charge < -0.3 is 10.2 Å². The number of para-hydroxylation sites is 1. The summed E-state index contributed by atoms with van der Waals surface area (Å²) in [5, 5.41) is 3.71. The van der Waals surface area contributed by atoms with E-state index >= 15 is 0 Å². The van der Waals surface area contributed by atoms with Gasteiger partial charge in [0, 0.05) is 51.1 Å². The summed E-state index contributed by atoms with van der Waals surface area (Å²) in [5.41, 5.74) is 0.705. The maximum atomic E-state index is 13.0. The van der Waals surface area contributed by atoms with Gasteiger partial charge in [-0.2, -0.15) is 0 Å². The molecule has 2 aromatic rings. The molecule has 2 amide bonds. The Hall–Kier alpha value is -2.74. The maximum absolute atomic E-state index is 13.0. The van der Waals surface area contributed by atoms with Gasteiger partial charge in [-0.05, 0) is 44.7 Å². The number of aromatic nitrogens is 2. The van der Waals surface area contributed by atoms with E-state index in [0.717, 1.165) is 25.7 Å². The number of piperazine rings is 1. The van der Waals surface area contributed by atoms with Crippen LogP contribution in [0.5, 0.6) is 0 Å². The van der Waals surface area contributed by atoms with Crippen molar-refractivity contribution in [1.29, 1.82) is 0 Å². The average molecular weight is 438 g/mol. The van der Waals surface area contributed by atoms with E-state index in [1.807, 2.05) is 40.7 Å². The standard InChI is InChI=1S/C24H31N5O3/c1-16(23(31)25-17-6-7-17)27-12-14-28(15-13-27)22(30)11-10-21-26-20-5-3-2-4-19(20)24(32)29(21)18-8-9-18/h2-5,16-18H,6-15H2,1H3,(H,25,31). The lowest BCUT2D eigenvalue weighted by molar-refractivity contribution is -0.134. The first-order chi connectivity index (χ1) is 15.5. The highest BCUT2D eigenvalue weighted by Gasteiger charge is 2.31. The fourth-order valence-corrected chi connectivity index (χ4v) is 4.53. The van der Waals surface area contributed by atoms with Crippen molar-refractivity contribution in [3.8, 4) is 0 Å². The summed E-state index contributed by atoms with van der Waals surface area (Å²) in [6.07, 6.45) is 4.97. The number of carbonyl (C=O) groups is 2. The minimum atomic E-state index is -0.164. The van der Waals surface area contributed by atoms with Crippen LogP contribution >= 0.6 is 0 Å². The van der Waals surface area contributed by atoms with Gasteiger partial charge in [0.1, 0.15) is 5.82 Å². The third kappa shape index (κ3) is 4.41. The Labute approximate surface area is 187 Å². The van der Waals surface area contributed by atoms with Gasteiger partial charge in [0.05, 0.1) is 16.9 Å². The Morgan fingerprint density at radius 2 is 1.81 bits per heavy atom. The third-order valence-electron chi connectivity index (χ3n) is 6.87. The van der Waals surface area contributed by atoms with Crippen LogP contribution < -0.4 is 10.9 Å². The molecule has 0 radical (unpaired) electrons. The third-order valence-corrected chi connectivity index (χ3v) is 6.87. The SMILES string of the molecule is CC(C(=O)NC1CC1)N1CCN(C(=O)CCc2nc3ccccc3c(=O)n2C2CC2)CC1. The number of fused-ring (bicyclic) bond motifs is 1. The van der Waals surface area contributed by atoms with Gasteiger partial charge in [0.2, 0.25) is 11.8 Å². The quantitative estimate of drug-likeness (QED) is 0.709. The van der Waals surface area contributed by atoms with E-state index in [0.29, 0.717) is 61.8 Å². The van der Waals surface area contributed by atoms with Gasteiger partial charge in [-0.25, -0.2) is 4.98 Å². The van der Waals surface area contributed by atoms with Gasteiger partial charge in [0.15, 0.2) is 0 Å². The zero-order valence-corrected chi connectivity index (χ0v) is 18.6. The van der Waals surface area contributed by atoms with Crippen LogP contribution in [0.3, 0.4) is 0 Å². The highest BCUT2D eigenvalue weighted by molar-refractivity contribution is 5.82. The van der Waals surface area contributed by atoms with Crippen LogP contribution in [0.2, 0.25) is 0 Å². The molecule has 8 nitrogen and oxygen atoms in total. The molecular weight excluding hydrogens is 406 g/mol. The lowest BCUT2D eigenvalue weighted by Crippen LogP contribution is -2.55. The molecule has 3 aliphatic rings. The molecule has 1 aromatic heterocycles.